The molecule has 2 amide bonds. The summed E-state index contributed by atoms with van der Waals surface area (Å²) in [4.78, 5) is 33.5. The van der Waals surface area contributed by atoms with Crippen LogP contribution in [-0.4, -0.2) is 63.9 Å². The van der Waals surface area contributed by atoms with Crippen molar-refractivity contribution in [1.29, 1.82) is 0 Å². The molecule has 2 fully saturated rings. The molecule has 7 nitrogen and oxygen atoms in total. The van der Waals surface area contributed by atoms with Crippen LogP contribution >= 0.6 is 0 Å². The number of piperidine rings is 1. The predicted molar refractivity (Wildman–Crippen MR) is 123 cm³/mol. The fourth-order valence-electron chi connectivity index (χ4n) is 4.72. The standard InChI is InChI=1S/C25H29N5O2/c31-24-11-10-20(16-26-24)25(32)29-14-12-28(13-15-29)18-23-27-21-8-4-5-9-22(21)30(23)17-19-6-2-1-3-7-19/h1-9,20H,10-18H2,(H,26,31). The van der Waals surface area contributed by atoms with Crippen molar-refractivity contribution in [3.05, 3.63) is 66.0 Å². The Morgan fingerprint density at radius 2 is 1.72 bits per heavy atom. The second kappa shape index (κ2) is 9.12. The molecule has 1 N–H and O–H groups in total. The van der Waals surface area contributed by atoms with E-state index in [0.717, 1.165) is 56.1 Å². The molecule has 1 atom stereocenters. The lowest BCUT2D eigenvalue weighted by Crippen LogP contribution is -2.52. The Bertz CT molecular complexity index is 1090. The van der Waals surface area contributed by atoms with Gasteiger partial charge in [-0.1, -0.05) is 42.5 Å². The Balaban J connectivity index is 1.26. The SMILES string of the molecule is O=C1CCC(C(=O)N2CCN(Cc3nc4ccccc4n3Cc3ccccc3)CC2)CN1. The number of imidazole rings is 1. The summed E-state index contributed by atoms with van der Waals surface area (Å²) in [6.07, 6.45) is 1.11. The van der Waals surface area contributed by atoms with Gasteiger partial charge in [0.25, 0.3) is 0 Å². The number of hydrogen-bond donors (Lipinski definition) is 1. The zero-order chi connectivity index (χ0) is 21.9. The average Bonchev–Trinajstić information content (AvgIpc) is 3.17. The molecule has 166 valence electrons. The summed E-state index contributed by atoms with van der Waals surface area (Å²) in [5.41, 5.74) is 3.43. The fraction of sp³-hybridized carbons (Fsp3) is 0.400. The van der Waals surface area contributed by atoms with E-state index in [4.69, 9.17) is 4.98 Å². The summed E-state index contributed by atoms with van der Waals surface area (Å²) in [5.74, 6) is 1.22. The van der Waals surface area contributed by atoms with Gasteiger partial charge in [0.1, 0.15) is 5.82 Å². The van der Waals surface area contributed by atoms with E-state index in [1.807, 2.05) is 17.0 Å². The molecule has 7 heteroatoms. The first kappa shape index (κ1) is 20.7. The number of carbonyl (C=O) groups excluding carboxylic acids is 2. The third-order valence-electron chi connectivity index (χ3n) is 6.58. The van der Waals surface area contributed by atoms with Crippen LogP contribution in [0, 0.1) is 5.92 Å². The molecule has 2 aliphatic heterocycles. The Labute approximate surface area is 188 Å². The maximum Gasteiger partial charge on any atom is 0.227 e. The zero-order valence-corrected chi connectivity index (χ0v) is 18.2. The van der Waals surface area contributed by atoms with E-state index in [0.29, 0.717) is 19.4 Å². The van der Waals surface area contributed by atoms with Gasteiger partial charge in [-0.15, -0.1) is 0 Å². The van der Waals surface area contributed by atoms with Crippen LogP contribution in [0.1, 0.15) is 24.2 Å². The first-order valence-electron chi connectivity index (χ1n) is 11.4. The van der Waals surface area contributed by atoms with Crippen molar-refractivity contribution in [1.82, 2.24) is 24.7 Å². The highest BCUT2D eigenvalue weighted by atomic mass is 16.2. The normalized spacial score (nSPS) is 19.8. The second-order valence-electron chi connectivity index (χ2n) is 8.73. The Morgan fingerprint density at radius 1 is 0.969 bits per heavy atom. The van der Waals surface area contributed by atoms with Crippen LogP contribution in [0.3, 0.4) is 0 Å². The van der Waals surface area contributed by atoms with Crippen molar-refractivity contribution < 1.29 is 9.59 Å². The second-order valence-corrected chi connectivity index (χ2v) is 8.73. The number of amides is 2. The molecule has 2 aromatic carbocycles. The molecule has 0 saturated carbocycles. The van der Waals surface area contributed by atoms with E-state index in [9.17, 15) is 9.59 Å². The van der Waals surface area contributed by atoms with Crippen LogP contribution in [0.2, 0.25) is 0 Å². The summed E-state index contributed by atoms with van der Waals surface area (Å²) >= 11 is 0. The largest absolute Gasteiger partial charge is 0.355 e. The van der Waals surface area contributed by atoms with Crippen molar-refractivity contribution in [2.45, 2.75) is 25.9 Å². The number of para-hydroxylation sites is 2. The molecule has 0 radical (unpaired) electrons. The topological polar surface area (TPSA) is 70.5 Å². The number of aromatic nitrogens is 2. The lowest BCUT2D eigenvalue weighted by molar-refractivity contribution is -0.139. The lowest BCUT2D eigenvalue weighted by atomic mass is 9.97. The quantitative estimate of drug-likeness (QED) is 0.673. The number of hydrogen-bond acceptors (Lipinski definition) is 4. The first-order chi connectivity index (χ1) is 15.7. The molecule has 0 spiro atoms. The van der Waals surface area contributed by atoms with Gasteiger partial charge in [0, 0.05) is 45.7 Å². The van der Waals surface area contributed by atoms with Crippen LogP contribution in [0.4, 0.5) is 0 Å². The monoisotopic (exact) mass is 431 g/mol. The summed E-state index contributed by atoms with van der Waals surface area (Å²) < 4.78 is 2.31. The number of nitrogens with zero attached hydrogens (tertiary/aromatic N) is 4. The molecule has 0 bridgehead atoms. The first-order valence-corrected chi connectivity index (χ1v) is 11.4. The molecule has 1 unspecified atom stereocenters. The minimum absolute atomic E-state index is 0.0530. The lowest BCUT2D eigenvalue weighted by Gasteiger charge is -2.37. The van der Waals surface area contributed by atoms with Gasteiger partial charge in [0.2, 0.25) is 11.8 Å². The summed E-state index contributed by atoms with van der Waals surface area (Å²) in [5, 5.41) is 2.82. The van der Waals surface area contributed by atoms with Crippen LogP contribution in [0.5, 0.6) is 0 Å². The van der Waals surface area contributed by atoms with Gasteiger partial charge in [-0.05, 0) is 24.1 Å². The van der Waals surface area contributed by atoms with E-state index in [1.54, 1.807) is 0 Å². The Hall–Kier alpha value is -3.19. The molecule has 1 aromatic heterocycles. The van der Waals surface area contributed by atoms with Crippen molar-refractivity contribution in [2.75, 3.05) is 32.7 Å². The van der Waals surface area contributed by atoms with E-state index < -0.39 is 0 Å². The molecule has 32 heavy (non-hydrogen) atoms. The maximum absolute atomic E-state index is 12.8. The minimum atomic E-state index is -0.0747. The molecule has 2 saturated heterocycles. The van der Waals surface area contributed by atoms with E-state index >= 15 is 0 Å². The highest BCUT2D eigenvalue weighted by Gasteiger charge is 2.30. The molecule has 2 aliphatic rings. The highest BCUT2D eigenvalue weighted by molar-refractivity contribution is 5.83. The molecule has 3 heterocycles. The predicted octanol–water partition coefficient (Wildman–Crippen LogP) is 2.25. The van der Waals surface area contributed by atoms with Gasteiger partial charge >= 0.3 is 0 Å². The van der Waals surface area contributed by atoms with Crippen molar-refractivity contribution >= 4 is 22.8 Å². The van der Waals surface area contributed by atoms with Crippen LogP contribution in [0.25, 0.3) is 11.0 Å². The van der Waals surface area contributed by atoms with Crippen molar-refractivity contribution in [3.8, 4) is 0 Å². The van der Waals surface area contributed by atoms with Crippen LogP contribution in [0.15, 0.2) is 54.6 Å². The third kappa shape index (κ3) is 4.39. The minimum Gasteiger partial charge on any atom is -0.355 e. The van der Waals surface area contributed by atoms with Crippen LogP contribution in [-0.2, 0) is 22.7 Å². The van der Waals surface area contributed by atoms with Gasteiger partial charge < -0.3 is 14.8 Å². The number of piperazine rings is 1. The smallest absolute Gasteiger partial charge is 0.227 e. The molecule has 3 aromatic rings. The van der Waals surface area contributed by atoms with E-state index in [2.05, 4.69) is 57.2 Å². The van der Waals surface area contributed by atoms with Crippen molar-refractivity contribution in [2.24, 2.45) is 5.92 Å². The third-order valence-corrected chi connectivity index (χ3v) is 6.58. The Kier molecular flexibility index (Phi) is 5.90. The van der Waals surface area contributed by atoms with E-state index in [1.165, 1.54) is 5.56 Å². The fourth-order valence-corrected chi connectivity index (χ4v) is 4.72. The van der Waals surface area contributed by atoms with Crippen LogP contribution < -0.4 is 5.32 Å². The number of benzene rings is 2. The molecule has 0 aliphatic carbocycles. The van der Waals surface area contributed by atoms with E-state index in [-0.39, 0.29) is 17.7 Å². The van der Waals surface area contributed by atoms with Gasteiger partial charge in [-0.3, -0.25) is 14.5 Å². The van der Waals surface area contributed by atoms with Gasteiger partial charge in [0.15, 0.2) is 0 Å². The average molecular weight is 432 g/mol. The molecular formula is C25H29N5O2. The highest BCUT2D eigenvalue weighted by Crippen LogP contribution is 2.21. The summed E-state index contributed by atoms with van der Waals surface area (Å²) in [7, 11) is 0. The number of nitrogens with one attached hydrogen (secondary N) is 1. The maximum atomic E-state index is 12.8. The van der Waals surface area contributed by atoms with Gasteiger partial charge in [-0.25, -0.2) is 4.98 Å². The summed E-state index contributed by atoms with van der Waals surface area (Å²) in [6, 6.07) is 18.8. The number of carbonyl (C=O) groups is 2. The zero-order valence-electron chi connectivity index (χ0n) is 18.2. The number of fused-ring (bicyclic) bond motifs is 1. The molecular weight excluding hydrogens is 402 g/mol. The summed E-state index contributed by atoms with van der Waals surface area (Å²) in [6.45, 7) is 5.15. The Morgan fingerprint density at radius 3 is 2.47 bits per heavy atom. The van der Waals surface area contributed by atoms with Crippen molar-refractivity contribution in [3.63, 3.8) is 0 Å². The van der Waals surface area contributed by atoms with Gasteiger partial charge in [0.05, 0.1) is 23.5 Å². The number of rotatable bonds is 5. The van der Waals surface area contributed by atoms with Gasteiger partial charge in [-0.2, -0.15) is 0 Å². The molecule has 5 rings (SSSR count).